The molecule has 1 aromatic carbocycles. The first-order valence-electron chi connectivity index (χ1n) is 8.76. The van der Waals surface area contributed by atoms with E-state index in [1.54, 1.807) is 13.0 Å². The van der Waals surface area contributed by atoms with Crippen LogP contribution < -0.4 is 10.6 Å². The topological polar surface area (TPSA) is 70.4 Å². The van der Waals surface area contributed by atoms with Gasteiger partial charge < -0.3 is 15.2 Å². The van der Waals surface area contributed by atoms with E-state index in [1.165, 1.54) is 11.1 Å². The van der Waals surface area contributed by atoms with Gasteiger partial charge in [-0.1, -0.05) is 31.1 Å². The van der Waals surface area contributed by atoms with Crippen LogP contribution in [0, 0.1) is 12.8 Å². The first-order valence-corrected chi connectivity index (χ1v) is 8.76. The molecule has 0 radical (unpaired) electrons. The Morgan fingerprint density at radius 1 is 1.32 bits per heavy atom. The van der Waals surface area contributed by atoms with Crippen LogP contribution in [0.25, 0.3) is 0 Å². The molecule has 1 aliphatic rings. The van der Waals surface area contributed by atoms with Crippen molar-refractivity contribution in [3.8, 4) is 0 Å². The number of anilines is 2. The number of hydrogen-bond donors (Lipinski definition) is 2. The van der Waals surface area contributed by atoms with Gasteiger partial charge in [0.05, 0.1) is 6.54 Å². The highest BCUT2D eigenvalue weighted by atomic mass is 16.5. The van der Waals surface area contributed by atoms with Crippen LogP contribution in [0.1, 0.15) is 37.7 Å². The number of fused-ring (bicyclic) bond motifs is 1. The Morgan fingerprint density at radius 3 is 2.80 bits per heavy atom. The summed E-state index contributed by atoms with van der Waals surface area (Å²) in [7, 11) is 0. The Hall–Kier alpha value is -2.34. The molecule has 6 nitrogen and oxygen atoms in total. The molecule has 0 fully saturated rings. The fourth-order valence-corrected chi connectivity index (χ4v) is 3.11. The van der Waals surface area contributed by atoms with E-state index in [0.29, 0.717) is 23.5 Å². The minimum Gasteiger partial charge on any atom is -0.376 e. The SMILES string of the molecule is Cc1cc(NC(=O)CNc2cccc3c2CN(C(C)C(C)C)C3)no1. The van der Waals surface area contributed by atoms with Gasteiger partial charge in [0.2, 0.25) is 5.91 Å². The molecule has 1 atom stereocenters. The predicted molar refractivity (Wildman–Crippen MR) is 98.3 cm³/mol. The van der Waals surface area contributed by atoms with E-state index in [9.17, 15) is 4.79 Å². The second-order valence-corrected chi connectivity index (χ2v) is 7.06. The molecular weight excluding hydrogens is 316 g/mol. The Kier molecular flexibility index (Phi) is 5.08. The number of amides is 1. The first-order chi connectivity index (χ1) is 11.9. The van der Waals surface area contributed by atoms with Crippen LogP contribution in [0.2, 0.25) is 0 Å². The Balaban J connectivity index is 1.61. The molecule has 1 aliphatic heterocycles. The first kappa shape index (κ1) is 17.5. The van der Waals surface area contributed by atoms with Gasteiger partial charge in [0, 0.05) is 30.9 Å². The fourth-order valence-electron chi connectivity index (χ4n) is 3.11. The van der Waals surface area contributed by atoms with Crippen molar-refractivity contribution in [3.05, 3.63) is 41.2 Å². The number of rotatable bonds is 6. The van der Waals surface area contributed by atoms with Crippen LogP contribution in [-0.4, -0.2) is 28.6 Å². The van der Waals surface area contributed by atoms with Gasteiger partial charge in [-0.25, -0.2) is 0 Å². The van der Waals surface area contributed by atoms with Crippen molar-refractivity contribution >= 4 is 17.4 Å². The third-order valence-electron chi connectivity index (χ3n) is 4.88. The van der Waals surface area contributed by atoms with E-state index in [2.05, 4.69) is 47.5 Å². The second-order valence-electron chi connectivity index (χ2n) is 7.06. The number of benzene rings is 1. The lowest BCUT2D eigenvalue weighted by Crippen LogP contribution is -2.32. The molecule has 0 aliphatic carbocycles. The quantitative estimate of drug-likeness (QED) is 0.842. The molecule has 6 heteroatoms. The van der Waals surface area contributed by atoms with Gasteiger partial charge in [0.25, 0.3) is 0 Å². The molecule has 2 heterocycles. The van der Waals surface area contributed by atoms with Gasteiger partial charge in [0.15, 0.2) is 5.82 Å². The number of nitrogens with one attached hydrogen (secondary N) is 2. The predicted octanol–water partition coefficient (Wildman–Crippen LogP) is 3.39. The van der Waals surface area contributed by atoms with E-state index in [0.717, 1.165) is 18.8 Å². The van der Waals surface area contributed by atoms with Crippen molar-refractivity contribution < 1.29 is 9.32 Å². The van der Waals surface area contributed by atoms with Crippen LogP contribution in [0.3, 0.4) is 0 Å². The Morgan fingerprint density at radius 2 is 2.12 bits per heavy atom. The van der Waals surface area contributed by atoms with E-state index in [-0.39, 0.29) is 12.5 Å². The highest BCUT2D eigenvalue weighted by Crippen LogP contribution is 2.31. The smallest absolute Gasteiger partial charge is 0.244 e. The van der Waals surface area contributed by atoms with Gasteiger partial charge in [-0.05, 0) is 37.0 Å². The summed E-state index contributed by atoms with van der Waals surface area (Å²) >= 11 is 0. The van der Waals surface area contributed by atoms with E-state index < -0.39 is 0 Å². The third kappa shape index (κ3) is 4.02. The van der Waals surface area contributed by atoms with Crippen molar-refractivity contribution in [3.63, 3.8) is 0 Å². The minimum absolute atomic E-state index is 0.142. The second kappa shape index (κ2) is 7.27. The highest BCUT2D eigenvalue weighted by Gasteiger charge is 2.26. The van der Waals surface area contributed by atoms with E-state index >= 15 is 0 Å². The molecule has 2 aromatic rings. The maximum atomic E-state index is 12.1. The molecule has 0 saturated heterocycles. The summed E-state index contributed by atoms with van der Waals surface area (Å²) in [5, 5.41) is 9.76. The van der Waals surface area contributed by atoms with Gasteiger partial charge in [-0.15, -0.1) is 0 Å². The number of carbonyl (C=O) groups is 1. The summed E-state index contributed by atoms with van der Waals surface area (Å²) in [6.45, 7) is 10.7. The molecule has 1 unspecified atom stereocenters. The summed E-state index contributed by atoms with van der Waals surface area (Å²) in [5.74, 6) is 1.58. The van der Waals surface area contributed by atoms with E-state index in [4.69, 9.17) is 4.52 Å². The zero-order chi connectivity index (χ0) is 18.0. The van der Waals surface area contributed by atoms with E-state index in [1.807, 2.05) is 12.1 Å². The number of aryl methyl sites for hydroxylation is 1. The van der Waals surface area contributed by atoms with Gasteiger partial charge in [-0.3, -0.25) is 9.69 Å². The summed E-state index contributed by atoms with van der Waals surface area (Å²) in [5.41, 5.74) is 3.66. The molecule has 2 N–H and O–H groups in total. The largest absolute Gasteiger partial charge is 0.376 e. The lowest BCUT2D eigenvalue weighted by molar-refractivity contribution is -0.114. The zero-order valence-electron chi connectivity index (χ0n) is 15.3. The minimum atomic E-state index is -0.142. The van der Waals surface area contributed by atoms with Crippen molar-refractivity contribution in [2.24, 2.45) is 5.92 Å². The Labute approximate surface area is 148 Å². The normalized spacial score (nSPS) is 15.2. The van der Waals surface area contributed by atoms with Crippen LogP contribution in [0.15, 0.2) is 28.8 Å². The van der Waals surface area contributed by atoms with Gasteiger partial charge in [-0.2, -0.15) is 0 Å². The van der Waals surface area contributed by atoms with Crippen LogP contribution in [-0.2, 0) is 17.9 Å². The highest BCUT2D eigenvalue weighted by molar-refractivity contribution is 5.93. The van der Waals surface area contributed by atoms with Crippen molar-refractivity contribution in [2.75, 3.05) is 17.2 Å². The maximum Gasteiger partial charge on any atom is 0.244 e. The summed E-state index contributed by atoms with van der Waals surface area (Å²) in [4.78, 5) is 14.6. The zero-order valence-corrected chi connectivity index (χ0v) is 15.3. The molecule has 0 bridgehead atoms. The number of nitrogens with zero attached hydrogens (tertiary/aromatic N) is 2. The molecule has 134 valence electrons. The molecule has 0 spiro atoms. The number of carbonyl (C=O) groups excluding carboxylic acids is 1. The molecule has 25 heavy (non-hydrogen) atoms. The summed E-state index contributed by atoms with van der Waals surface area (Å²) in [6, 6.07) is 8.48. The Bertz CT molecular complexity index is 754. The summed E-state index contributed by atoms with van der Waals surface area (Å²) in [6.07, 6.45) is 0. The fraction of sp³-hybridized carbons (Fsp3) is 0.474. The average molecular weight is 342 g/mol. The summed E-state index contributed by atoms with van der Waals surface area (Å²) < 4.78 is 4.95. The van der Waals surface area contributed by atoms with Gasteiger partial charge >= 0.3 is 0 Å². The van der Waals surface area contributed by atoms with Crippen LogP contribution >= 0.6 is 0 Å². The van der Waals surface area contributed by atoms with Crippen molar-refractivity contribution in [2.45, 2.75) is 46.8 Å². The molecule has 1 aromatic heterocycles. The molecule has 3 rings (SSSR count). The van der Waals surface area contributed by atoms with Crippen molar-refractivity contribution in [1.29, 1.82) is 0 Å². The average Bonchev–Trinajstić information content (AvgIpc) is 3.18. The van der Waals surface area contributed by atoms with Gasteiger partial charge in [0.1, 0.15) is 5.76 Å². The monoisotopic (exact) mass is 342 g/mol. The number of aromatic nitrogens is 1. The maximum absolute atomic E-state index is 12.1. The molecular formula is C19H26N4O2. The third-order valence-corrected chi connectivity index (χ3v) is 4.88. The lowest BCUT2D eigenvalue weighted by atomic mass is 10.1. The molecule has 1 amide bonds. The standard InChI is InChI=1S/C19H26N4O2/c1-12(2)14(4)23-10-15-6-5-7-17(16(15)11-23)20-9-19(24)21-18-8-13(3)25-22-18/h5-8,12,14,20H,9-11H2,1-4H3,(H,21,22,24). The lowest BCUT2D eigenvalue weighted by Gasteiger charge is -2.27. The molecule has 0 saturated carbocycles. The number of hydrogen-bond acceptors (Lipinski definition) is 5. The van der Waals surface area contributed by atoms with Crippen LogP contribution in [0.5, 0.6) is 0 Å². The van der Waals surface area contributed by atoms with Crippen LogP contribution in [0.4, 0.5) is 11.5 Å². The van der Waals surface area contributed by atoms with Crippen molar-refractivity contribution in [1.82, 2.24) is 10.1 Å².